The summed E-state index contributed by atoms with van der Waals surface area (Å²) in [5.41, 5.74) is 0.315. The van der Waals surface area contributed by atoms with Gasteiger partial charge in [-0.15, -0.1) is 0 Å². The lowest BCUT2D eigenvalue weighted by Gasteiger charge is -2.59. The van der Waals surface area contributed by atoms with Gasteiger partial charge in [-0.05, 0) is 80.5 Å². The molecule has 0 aliphatic heterocycles. The van der Waals surface area contributed by atoms with Crippen molar-refractivity contribution in [3.8, 4) is 0 Å². The molecule has 0 bridgehead atoms. The number of hydrogen-bond acceptors (Lipinski definition) is 4. The van der Waals surface area contributed by atoms with Crippen LogP contribution >= 0.6 is 0 Å². The van der Waals surface area contributed by atoms with E-state index in [9.17, 15) is 9.90 Å². The third kappa shape index (κ3) is 3.12. The molecule has 3 saturated carbocycles. The molecule has 4 nitrogen and oxygen atoms in total. The fourth-order valence-corrected chi connectivity index (χ4v) is 7.27. The fourth-order valence-electron chi connectivity index (χ4n) is 7.27. The molecule has 0 spiro atoms. The molecule has 0 radical (unpaired) electrons. The van der Waals surface area contributed by atoms with Crippen LogP contribution in [0.2, 0.25) is 0 Å². The van der Waals surface area contributed by atoms with Crippen molar-refractivity contribution in [2.45, 2.75) is 84.3 Å². The summed E-state index contributed by atoms with van der Waals surface area (Å²) in [6.07, 6.45) is 12.3. The second-order valence-corrected chi connectivity index (χ2v) is 10.0. The average Bonchev–Trinajstić information content (AvgIpc) is 2.97. The molecule has 27 heavy (non-hydrogen) atoms. The summed E-state index contributed by atoms with van der Waals surface area (Å²) in [7, 11) is 0. The van der Waals surface area contributed by atoms with Crippen LogP contribution in [0.4, 0.5) is 4.79 Å². The Labute approximate surface area is 163 Å². The minimum absolute atomic E-state index is 0.00190. The first-order valence-corrected chi connectivity index (χ1v) is 11.1. The summed E-state index contributed by atoms with van der Waals surface area (Å²) >= 11 is 0. The molecular weight excluding hydrogens is 340 g/mol. The van der Waals surface area contributed by atoms with Crippen LogP contribution in [0.1, 0.15) is 72.1 Å². The maximum Gasteiger partial charge on any atom is 0.508 e. The summed E-state index contributed by atoms with van der Waals surface area (Å²) < 4.78 is 11.0. The Morgan fingerprint density at radius 3 is 2.74 bits per heavy atom. The molecule has 0 heterocycles. The molecule has 4 heteroatoms. The quantitative estimate of drug-likeness (QED) is 0.550. The van der Waals surface area contributed by atoms with Crippen molar-refractivity contribution in [2.75, 3.05) is 6.61 Å². The molecule has 0 unspecified atom stereocenters. The molecule has 4 rings (SSSR count). The molecule has 0 aromatic heterocycles. The number of carbonyl (C=O) groups excluding carboxylic acids is 1. The zero-order valence-electron chi connectivity index (χ0n) is 17.2. The van der Waals surface area contributed by atoms with E-state index in [0.717, 1.165) is 32.1 Å². The molecule has 4 aliphatic carbocycles. The smallest absolute Gasteiger partial charge is 0.434 e. The van der Waals surface area contributed by atoms with Crippen molar-refractivity contribution in [3.63, 3.8) is 0 Å². The normalized spacial score (nSPS) is 48.3. The van der Waals surface area contributed by atoms with Gasteiger partial charge in [-0.1, -0.05) is 32.9 Å². The van der Waals surface area contributed by atoms with Crippen molar-refractivity contribution < 1.29 is 19.4 Å². The monoisotopic (exact) mass is 376 g/mol. The number of allylic oxidation sites excluding steroid dienone is 1. The summed E-state index contributed by atoms with van der Waals surface area (Å²) in [5, 5.41) is 10.1. The summed E-state index contributed by atoms with van der Waals surface area (Å²) in [5.74, 6) is 2.66. The first-order valence-electron chi connectivity index (χ1n) is 11.1. The van der Waals surface area contributed by atoms with Crippen LogP contribution in [0.5, 0.6) is 0 Å². The maximum absolute atomic E-state index is 12.0. The third-order valence-electron chi connectivity index (χ3n) is 8.74. The SMILES string of the molecule is CCCOC(=O)O[C@H]1CC[C@H]2[C@@H]3CC[C@H]4C[C@@H](O)C=C[C@]4(C)[C@H]3CC[C@]12C. The summed E-state index contributed by atoms with van der Waals surface area (Å²) in [6.45, 7) is 7.23. The van der Waals surface area contributed by atoms with E-state index >= 15 is 0 Å². The highest BCUT2D eigenvalue weighted by Gasteiger charge is 2.60. The molecule has 4 aliphatic rings. The van der Waals surface area contributed by atoms with E-state index in [1.54, 1.807) is 0 Å². The van der Waals surface area contributed by atoms with Crippen molar-refractivity contribution in [2.24, 2.45) is 34.5 Å². The molecule has 1 N–H and O–H groups in total. The molecule has 152 valence electrons. The minimum Gasteiger partial charge on any atom is -0.434 e. The summed E-state index contributed by atoms with van der Waals surface area (Å²) in [6, 6.07) is 0. The zero-order valence-corrected chi connectivity index (χ0v) is 17.2. The maximum atomic E-state index is 12.0. The van der Waals surface area contributed by atoms with E-state index < -0.39 is 6.16 Å². The van der Waals surface area contributed by atoms with Gasteiger partial charge in [-0.25, -0.2) is 4.79 Å². The zero-order chi connectivity index (χ0) is 19.2. The van der Waals surface area contributed by atoms with Gasteiger partial charge < -0.3 is 14.6 Å². The predicted octanol–water partition coefficient (Wildman–Crippen LogP) is 5.10. The van der Waals surface area contributed by atoms with Crippen molar-refractivity contribution in [1.29, 1.82) is 0 Å². The van der Waals surface area contributed by atoms with Crippen LogP contribution in [0.3, 0.4) is 0 Å². The topological polar surface area (TPSA) is 55.8 Å². The number of ether oxygens (including phenoxy) is 2. The van der Waals surface area contributed by atoms with Gasteiger partial charge in [0.05, 0.1) is 12.7 Å². The van der Waals surface area contributed by atoms with E-state index in [1.165, 1.54) is 19.3 Å². The van der Waals surface area contributed by atoms with E-state index in [1.807, 2.05) is 13.0 Å². The van der Waals surface area contributed by atoms with E-state index in [0.29, 0.717) is 30.3 Å². The number of carbonyl (C=O) groups is 1. The second-order valence-electron chi connectivity index (χ2n) is 10.0. The number of rotatable bonds is 3. The van der Waals surface area contributed by atoms with Gasteiger partial charge in [0, 0.05) is 5.41 Å². The third-order valence-corrected chi connectivity index (χ3v) is 8.74. The van der Waals surface area contributed by atoms with Gasteiger partial charge in [-0.3, -0.25) is 0 Å². The second kappa shape index (κ2) is 7.09. The largest absolute Gasteiger partial charge is 0.508 e. The van der Waals surface area contributed by atoms with Gasteiger partial charge in [0.2, 0.25) is 0 Å². The highest BCUT2D eigenvalue weighted by atomic mass is 16.7. The highest BCUT2D eigenvalue weighted by Crippen LogP contribution is 2.65. The molecular formula is C23H36O4. The van der Waals surface area contributed by atoms with E-state index in [-0.39, 0.29) is 23.0 Å². The average molecular weight is 377 g/mol. The Kier molecular flexibility index (Phi) is 5.07. The van der Waals surface area contributed by atoms with E-state index in [2.05, 4.69) is 19.9 Å². The number of hydrogen-bond donors (Lipinski definition) is 1. The van der Waals surface area contributed by atoms with Crippen LogP contribution in [0.25, 0.3) is 0 Å². The van der Waals surface area contributed by atoms with Crippen molar-refractivity contribution in [3.05, 3.63) is 12.2 Å². The van der Waals surface area contributed by atoms with Gasteiger partial charge >= 0.3 is 6.16 Å². The Bertz CT molecular complexity index is 601. The number of aliphatic hydroxyl groups is 1. The molecule has 3 fully saturated rings. The molecule has 0 saturated heterocycles. The Balaban J connectivity index is 1.50. The number of fused-ring (bicyclic) bond motifs is 5. The van der Waals surface area contributed by atoms with Gasteiger partial charge in [-0.2, -0.15) is 0 Å². The standard InChI is InChI=1S/C23H36O4/c1-4-13-26-21(25)27-20-8-7-18-17-6-5-15-14-16(24)9-11-22(15,2)19(17)10-12-23(18,20)3/h9,11,15-20,24H,4-8,10,12-14H2,1-3H3/t15-,16-,17-,18-,19-,20-,22-,23-/m0/s1. The van der Waals surface area contributed by atoms with Crippen LogP contribution in [0.15, 0.2) is 12.2 Å². The van der Waals surface area contributed by atoms with Crippen molar-refractivity contribution >= 4 is 6.16 Å². The Hall–Kier alpha value is -1.03. The fraction of sp³-hybridized carbons (Fsp3) is 0.870. The molecule has 0 amide bonds. The van der Waals surface area contributed by atoms with Crippen LogP contribution < -0.4 is 0 Å². The van der Waals surface area contributed by atoms with Gasteiger partial charge in [0.1, 0.15) is 6.10 Å². The molecule has 8 atom stereocenters. The van der Waals surface area contributed by atoms with Gasteiger partial charge in [0.25, 0.3) is 0 Å². The Morgan fingerprint density at radius 2 is 1.96 bits per heavy atom. The summed E-state index contributed by atoms with van der Waals surface area (Å²) in [4.78, 5) is 12.0. The lowest BCUT2D eigenvalue weighted by Crippen LogP contribution is -2.53. The first-order chi connectivity index (χ1) is 12.9. The molecule has 0 aromatic carbocycles. The Morgan fingerprint density at radius 1 is 1.15 bits per heavy atom. The lowest BCUT2D eigenvalue weighted by atomic mass is 9.46. The van der Waals surface area contributed by atoms with Crippen LogP contribution in [0, 0.1) is 34.5 Å². The predicted molar refractivity (Wildman–Crippen MR) is 104 cm³/mol. The van der Waals surface area contributed by atoms with E-state index in [4.69, 9.17) is 9.47 Å². The van der Waals surface area contributed by atoms with Crippen LogP contribution in [-0.4, -0.2) is 30.1 Å². The minimum atomic E-state index is -0.481. The van der Waals surface area contributed by atoms with Gasteiger partial charge in [0.15, 0.2) is 0 Å². The molecule has 0 aromatic rings. The number of aliphatic hydroxyl groups excluding tert-OH is 1. The lowest BCUT2D eigenvalue weighted by molar-refractivity contribution is -0.107. The van der Waals surface area contributed by atoms with Crippen molar-refractivity contribution in [1.82, 2.24) is 0 Å². The first kappa shape index (κ1) is 19.3. The highest BCUT2D eigenvalue weighted by molar-refractivity contribution is 5.60. The van der Waals surface area contributed by atoms with Crippen LogP contribution in [-0.2, 0) is 9.47 Å².